The summed E-state index contributed by atoms with van der Waals surface area (Å²) in [5.74, 6) is 0.981. The molecule has 0 aliphatic heterocycles. The summed E-state index contributed by atoms with van der Waals surface area (Å²) in [5, 5.41) is 4.38. The second-order valence-electron chi connectivity index (χ2n) is 4.63. The molecule has 0 radical (unpaired) electrons. The Morgan fingerprint density at radius 2 is 1.95 bits per heavy atom. The maximum atomic E-state index is 12.5. The van der Waals surface area contributed by atoms with Crippen molar-refractivity contribution in [3.05, 3.63) is 51.7 Å². The summed E-state index contributed by atoms with van der Waals surface area (Å²) in [6, 6.07) is 7.31. The van der Waals surface area contributed by atoms with Crippen LogP contribution in [0.15, 0.2) is 33.6 Å². The molecule has 19 heavy (non-hydrogen) atoms. The lowest BCUT2D eigenvalue weighted by Gasteiger charge is -2.07. The van der Waals surface area contributed by atoms with Crippen molar-refractivity contribution in [2.45, 2.75) is 20.8 Å². The molecule has 96 valence electrons. The number of hydrogen-bond donors (Lipinski definition) is 0. The quantitative estimate of drug-likeness (QED) is 0.669. The van der Waals surface area contributed by atoms with Crippen LogP contribution in [0.4, 0.5) is 0 Å². The van der Waals surface area contributed by atoms with Gasteiger partial charge in [0, 0.05) is 6.07 Å². The Kier molecular flexibility index (Phi) is 2.48. The fourth-order valence-corrected chi connectivity index (χ4v) is 2.12. The molecule has 3 aromatic rings. The summed E-state index contributed by atoms with van der Waals surface area (Å²) in [6.45, 7) is 5.56. The molecule has 0 unspecified atom stereocenters. The maximum absolute atomic E-state index is 12.5. The van der Waals surface area contributed by atoms with Crippen molar-refractivity contribution >= 4 is 10.9 Å². The lowest BCUT2D eigenvalue weighted by Crippen LogP contribution is -2.21. The largest absolute Gasteiger partial charge is 0.338 e. The van der Waals surface area contributed by atoms with Gasteiger partial charge in [-0.3, -0.25) is 4.79 Å². The summed E-state index contributed by atoms with van der Waals surface area (Å²) in [6.07, 6.45) is 0. The Hall–Kier alpha value is -2.43. The van der Waals surface area contributed by atoms with Gasteiger partial charge in [-0.25, -0.2) is 9.55 Å². The first kappa shape index (κ1) is 11.6. The Labute approximate surface area is 109 Å². The van der Waals surface area contributed by atoms with Crippen LogP contribution < -0.4 is 5.56 Å². The van der Waals surface area contributed by atoms with Gasteiger partial charge in [0.05, 0.1) is 16.6 Å². The Balaban J connectivity index is 2.38. The fourth-order valence-electron chi connectivity index (χ4n) is 2.12. The van der Waals surface area contributed by atoms with Gasteiger partial charge in [0.25, 0.3) is 5.56 Å². The van der Waals surface area contributed by atoms with Crippen LogP contribution in [-0.4, -0.2) is 14.7 Å². The number of rotatable bonds is 1. The highest BCUT2D eigenvalue weighted by molar-refractivity contribution is 5.78. The van der Waals surface area contributed by atoms with E-state index >= 15 is 0 Å². The monoisotopic (exact) mass is 255 g/mol. The summed E-state index contributed by atoms with van der Waals surface area (Å²) in [5.41, 5.74) is 2.37. The number of aromatic nitrogens is 3. The van der Waals surface area contributed by atoms with E-state index in [2.05, 4.69) is 10.1 Å². The lowest BCUT2D eigenvalue weighted by atomic mass is 10.2. The van der Waals surface area contributed by atoms with Crippen LogP contribution in [-0.2, 0) is 0 Å². The molecule has 0 saturated carbocycles. The average Bonchev–Trinajstić information content (AvgIpc) is 2.75. The second-order valence-corrected chi connectivity index (χ2v) is 4.63. The zero-order valence-electron chi connectivity index (χ0n) is 11.0. The van der Waals surface area contributed by atoms with Crippen molar-refractivity contribution in [2.75, 3.05) is 0 Å². The molecule has 2 aromatic heterocycles. The third kappa shape index (κ3) is 1.83. The molecular formula is C14H13N3O2. The molecule has 5 nitrogen and oxygen atoms in total. The third-order valence-electron chi connectivity index (χ3n) is 3.03. The lowest BCUT2D eigenvalue weighted by molar-refractivity contribution is 0.397. The smallest absolute Gasteiger partial charge is 0.268 e. The Bertz CT molecular complexity index is 830. The molecule has 3 rings (SSSR count). The third-order valence-corrected chi connectivity index (χ3v) is 3.03. The van der Waals surface area contributed by atoms with Gasteiger partial charge in [-0.2, -0.15) is 0 Å². The predicted octanol–water partition coefficient (Wildman–Crippen LogP) is 2.30. The van der Waals surface area contributed by atoms with Crippen LogP contribution in [0.3, 0.4) is 0 Å². The SMILES string of the molecule is Cc1ccc2c(=O)n(-c3cc(C)no3)c(C)nc2c1. The first-order chi connectivity index (χ1) is 9.06. The van der Waals surface area contributed by atoms with Gasteiger partial charge >= 0.3 is 0 Å². The molecule has 0 N–H and O–H groups in total. The standard InChI is InChI=1S/C14H13N3O2/c1-8-4-5-11-12(6-8)15-10(3)17(14(11)18)13-7-9(2)16-19-13/h4-7H,1-3H3. The van der Waals surface area contributed by atoms with Crippen molar-refractivity contribution in [1.82, 2.24) is 14.7 Å². The van der Waals surface area contributed by atoms with Gasteiger partial charge < -0.3 is 4.52 Å². The molecule has 0 amide bonds. The highest BCUT2D eigenvalue weighted by Crippen LogP contribution is 2.14. The molecule has 0 fully saturated rings. The van der Waals surface area contributed by atoms with Gasteiger partial charge in [-0.1, -0.05) is 11.2 Å². The summed E-state index contributed by atoms with van der Waals surface area (Å²) in [4.78, 5) is 17.0. The molecule has 1 aromatic carbocycles. The van der Waals surface area contributed by atoms with E-state index in [4.69, 9.17) is 4.52 Å². The topological polar surface area (TPSA) is 60.9 Å². The number of aryl methyl sites for hydroxylation is 3. The summed E-state index contributed by atoms with van der Waals surface area (Å²) < 4.78 is 6.60. The van der Waals surface area contributed by atoms with E-state index in [0.717, 1.165) is 11.3 Å². The van der Waals surface area contributed by atoms with Crippen molar-refractivity contribution in [2.24, 2.45) is 0 Å². The number of nitrogens with zero attached hydrogens (tertiary/aromatic N) is 3. The molecule has 5 heteroatoms. The van der Waals surface area contributed by atoms with Gasteiger partial charge in [0.2, 0.25) is 5.88 Å². The van der Waals surface area contributed by atoms with Crippen molar-refractivity contribution in [1.29, 1.82) is 0 Å². The first-order valence-electron chi connectivity index (χ1n) is 6.00. The van der Waals surface area contributed by atoms with Crippen molar-refractivity contribution in [3.8, 4) is 5.88 Å². The van der Waals surface area contributed by atoms with E-state index in [-0.39, 0.29) is 5.56 Å². The van der Waals surface area contributed by atoms with Gasteiger partial charge in [0.1, 0.15) is 5.82 Å². The molecule has 0 saturated heterocycles. The van der Waals surface area contributed by atoms with Crippen LogP contribution >= 0.6 is 0 Å². The number of hydrogen-bond acceptors (Lipinski definition) is 4. The minimum absolute atomic E-state index is 0.140. The van der Waals surface area contributed by atoms with Crippen LogP contribution in [0.1, 0.15) is 17.1 Å². The van der Waals surface area contributed by atoms with E-state index in [1.807, 2.05) is 26.0 Å². The fraction of sp³-hybridized carbons (Fsp3) is 0.214. The van der Waals surface area contributed by atoms with E-state index in [1.165, 1.54) is 4.57 Å². The predicted molar refractivity (Wildman–Crippen MR) is 71.6 cm³/mol. The van der Waals surface area contributed by atoms with E-state index in [1.54, 1.807) is 19.1 Å². The van der Waals surface area contributed by atoms with Crippen LogP contribution in [0.2, 0.25) is 0 Å². The molecule has 0 aliphatic carbocycles. The van der Waals surface area contributed by atoms with Crippen LogP contribution in [0.25, 0.3) is 16.8 Å². The summed E-state index contributed by atoms with van der Waals surface area (Å²) >= 11 is 0. The zero-order valence-corrected chi connectivity index (χ0v) is 11.0. The average molecular weight is 255 g/mol. The number of benzene rings is 1. The van der Waals surface area contributed by atoms with Crippen molar-refractivity contribution < 1.29 is 4.52 Å². The maximum Gasteiger partial charge on any atom is 0.268 e. The van der Waals surface area contributed by atoms with E-state index in [0.29, 0.717) is 22.6 Å². The van der Waals surface area contributed by atoms with Gasteiger partial charge in [0.15, 0.2) is 0 Å². The molecular weight excluding hydrogens is 242 g/mol. The molecule has 2 heterocycles. The first-order valence-corrected chi connectivity index (χ1v) is 6.00. The molecule has 0 spiro atoms. The van der Waals surface area contributed by atoms with Crippen molar-refractivity contribution in [3.63, 3.8) is 0 Å². The highest BCUT2D eigenvalue weighted by Gasteiger charge is 2.13. The second kappa shape index (κ2) is 4.05. The normalized spacial score (nSPS) is 11.1. The van der Waals surface area contributed by atoms with Crippen LogP contribution in [0.5, 0.6) is 0 Å². The zero-order chi connectivity index (χ0) is 13.6. The van der Waals surface area contributed by atoms with E-state index in [9.17, 15) is 4.79 Å². The number of fused-ring (bicyclic) bond motifs is 1. The van der Waals surface area contributed by atoms with E-state index < -0.39 is 0 Å². The minimum atomic E-state index is -0.140. The molecule has 0 atom stereocenters. The Morgan fingerprint density at radius 1 is 1.16 bits per heavy atom. The molecule has 0 aliphatic rings. The Morgan fingerprint density at radius 3 is 2.63 bits per heavy atom. The van der Waals surface area contributed by atoms with Gasteiger partial charge in [-0.05, 0) is 38.5 Å². The highest BCUT2D eigenvalue weighted by atomic mass is 16.5. The summed E-state index contributed by atoms with van der Waals surface area (Å²) in [7, 11) is 0. The minimum Gasteiger partial charge on any atom is -0.338 e. The van der Waals surface area contributed by atoms with Gasteiger partial charge in [-0.15, -0.1) is 0 Å². The van der Waals surface area contributed by atoms with Crippen LogP contribution in [0, 0.1) is 20.8 Å². The molecule has 0 bridgehead atoms.